The van der Waals surface area contributed by atoms with Crippen molar-refractivity contribution in [2.75, 3.05) is 13.1 Å². The number of nitrogens with one attached hydrogen (secondary N) is 1. The van der Waals surface area contributed by atoms with Crippen molar-refractivity contribution in [3.05, 3.63) is 0 Å². The Morgan fingerprint density at radius 1 is 1.57 bits per heavy atom. The fraction of sp³-hybridized carbons (Fsp3) is 0.889. The van der Waals surface area contributed by atoms with Gasteiger partial charge in [0.25, 0.3) is 0 Å². The number of carbonyl (C=O) groups excluding carboxylic acids is 1. The fourth-order valence-corrected chi connectivity index (χ4v) is 1.85. The third kappa shape index (κ3) is 3.61. The monoisotopic (exact) mass is 312 g/mol. The van der Waals surface area contributed by atoms with Gasteiger partial charge in [0.05, 0.1) is 0 Å². The number of hydrogen-bond acceptors (Lipinski definition) is 3. The molecule has 0 bridgehead atoms. The summed E-state index contributed by atoms with van der Waals surface area (Å²) in [6.07, 6.45) is 0.800. The van der Waals surface area contributed by atoms with Crippen molar-refractivity contribution in [3.8, 4) is 0 Å². The molecule has 1 N–H and O–H groups in total. The number of amides is 1. The first-order valence-corrected chi connectivity index (χ1v) is 5.84. The van der Waals surface area contributed by atoms with Crippen LogP contribution in [0.15, 0.2) is 0 Å². The minimum absolute atomic E-state index is 0.202. The van der Waals surface area contributed by atoms with Gasteiger partial charge in [0, 0.05) is 42.0 Å². The van der Waals surface area contributed by atoms with Gasteiger partial charge in [0.15, 0.2) is 0 Å². The van der Waals surface area contributed by atoms with Gasteiger partial charge in [-0.1, -0.05) is 0 Å². The molecular formula is C9H17IN2O2. The van der Waals surface area contributed by atoms with E-state index in [0.29, 0.717) is 6.04 Å². The summed E-state index contributed by atoms with van der Waals surface area (Å²) in [5, 5.41) is 0. The second-order valence-electron chi connectivity index (χ2n) is 4.52. The molecule has 82 valence electrons. The van der Waals surface area contributed by atoms with Gasteiger partial charge in [0.1, 0.15) is 5.60 Å². The molecule has 1 heterocycles. The lowest BCUT2D eigenvalue weighted by molar-refractivity contribution is 0.0292. The Labute approximate surface area is 98.9 Å². The van der Waals surface area contributed by atoms with Crippen molar-refractivity contribution in [1.29, 1.82) is 0 Å². The molecule has 0 aliphatic carbocycles. The van der Waals surface area contributed by atoms with Gasteiger partial charge < -0.3 is 9.64 Å². The molecule has 5 heteroatoms. The van der Waals surface area contributed by atoms with Crippen LogP contribution in [-0.4, -0.2) is 35.7 Å². The van der Waals surface area contributed by atoms with Crippen LogP contribution in [0, 0.1) is 0 Å². The van der Waals surface area contributed by atoms with E-state index in [-0.39, 0.29) is 6.09 Å². The zero-order valence-electron chi connectivity index (χ0n) is 8.84. The van der Waals surface area contributed by atoms with Gasteiger partial charge in [-0.15, -0.1) is 0 Å². The lowest BCUT2D eigenvalue weighted by Crippen LogP contribution is -2.36. The van der Waals surface area contributed by atoms with Crippen molar-refractivity contribution in [3.63, 3.8) is 0 Å². The van der Waals surface area contributed by atoms with Crippen molar-refractivity contribution < 1.29 is 9.53 Å². The molecule has 0 spiro atoms. The van der Waals surface area contributed by atoms with Crippen LogP contribution in [0.2, 0.25) is 0 Å². The predicted octanol–water partition coefficient (Wildman–Crippen LogP) is 1.94. The summed E-state index contributed by atoms with van der Waals surface area (Å²) in [6, 6.07) is 0.406. The first-order chi connectivity index (χ1) is 6.42. The zero-order valence-corrected chi connectivity index (χ0v) is 11.0. The summed E-state index contributed by atoms with van der Waals surface area (Å²) in [5.74, 6) is 0. The van der Waals surface area contributed by atoms with E-state index in [1.54, 1.807) is 4.90 Å². The number of halogens is 1. The Bertz CT molecular complexity index is 215. The Balaban J connectivity index is 2.40. The molecule has 1 aliphatic rings. The Kier molecular flexibility index (Phi) is 4.00. The van der Waals surface area contributed by atoms with Gasteiger partial charge >= 0.3 is 6.09 Å². The number of nitrogens with zero attached hydrogens (tertiary/aromatic N) is 1. The standard InChI is InChI=1S/C9H17IN2O2/c1-9(2,3)14-8(13)12-5-4-7(6-12)11-10/h7,11H,4-6H2,1-3H3/t7-/m0/s1. The van der Waals surface area contributed by atoms with E-state index in [4.69, 9.17) is 4.74 Å². The molecule has 0 saturated carbocycles. The quantitative estimate of drug-likeness (QED) is 0.594. The Morgan fingerprint density at radius 3 is 2.64 bits per heavy atom. The van der Waals surface area contributed by atoms with Crippen LogP contribution < -0.4 is 3.53 Å². The van der Waals surface area contributed by atoms with Crippen LogP contribution in [0.25, 0.3) is 0 Å². The van der Waals surface area contributed by atoms with E-state index >= 15 is 0 Å². The van der Waals surface area contributed by atoms with Gasteiger partial charge in [-0.25, -0.2) is 4.79 Å². The topological polar surface area (TPSA) is 41.6 Å². The zero-order chi connectivity index (χ0) is 10.8. The molecule has 4 nitrogen and oxygen atoms in total. The fourth-order valence-electron chi connectivity index (χ4n) is 1.34. The Hall–Kier alpha value is -0.0400. The summed E-state index contributed by atoms with van der Waals surface area (Å²) < 4.78 is 8.40. The molecule has 0 aromatic heterocycles. The maximum absolute atomic E-state index is 11.6. The minimum Gasteiger partial charge on any atom is -0.444 e. The number of rotatable bonds is 1. The van der Waals surface area contributed by atoms with Crippen LogP contribution in [0.5, 0.6) is 0 Å². The van der Waals surface area contributed by atoms with Gasteiger partial charge in [0.2, 0.25) is 0 Å². The maximum Gasteiger partial charge on any atom is 0.410 e. The van der Waals surface area contributed by atoms with Gasteiger partial charge in [-0.3, -0.25) is 3.53 Å². The lowest BCUT2D eigenvalue weighted by Gasteiger charge is -2.24. The van der Waals surface area contributed by atoms with Crippen LogP contribution >= 0.6 is 22.9 Å². The van der Waals surface area contributed by atoms with Crippen LogP contribution in [0.1, 0.15) is 27.2 Å². The molecule has 14 heavy (non-hydrogen) atoms. The van der Waals surface area contributed by atoms with Gasteiger partial charge in [-0.05, 0) is 27.2 Å². The van der Waals surface area contributed by atoms with E-state index in [1.165, 1.54) is 0 Å². The summed E-state index contributed by atoms with van der Waals surface area (Å²) in [4.78, 5) is 13.3. The molecule has 1 fully saturated rings. The molecule has 0 aromatic rings. The van der Waals surface area contributed by atoms with E-state index in [2.05, 4.69) is 26.4 Å². The molecule has 0 radical (unpaired) electrons. The second kappa shape index (κ2) is 4.65. The second-order valence-corrected chi connectivity index (χ2v) is 5.14. The first kappa shape index (κ1) is 12.0. The van der Waals surface area contributed by atoms with Crippen molar-refractivity contribution in [1.82, 2.24) is 8.43 Å². The molecule has 1 aliphatic heterocycles. The van der Waals surface area contributed by atoms with Crippen molar-refractivity contribution in [2.24, 2.45) is 0 Å². The highest BCUT2D eigenvalue weighted by Gasteiger charge is 2.28. The van der Waals surface area contributed by atoms with Crippen LogP contribution in [0.4, 0.5) is 4.79 Å². The number of carbonyl (C=O) groups is 1. The highest BCUT2D eigenvalue weighted by Crippen LogP contribution is 2.15. The third-order valence-electron chi connectivity index (χ3n) is 1.99. The lowest BCUT2D eigenvalue weighted by atomic mass is 10.2. The number of likely N-dealkylation sites (tertiary alicyclic amines) is 1. The largest absolute Gasteiger partial charge is 0.444 e. The molecule has 0 aromatic carbocycles. The van der Waals surface area contributed by atoms with Crippen molar-refractivity contribution >= 4 is 29.0 Å². The van der Waals surface area contributed by atoms with E-state index < -0.39 is 5.60 Å². The van der Waals surface area contributed by atoms with Gasteiger partial charge in [-0.2, -0.15) is 0 Å². The summed E-state index contributed by atoms with van der Waals surface area (Å²) in [7, 11) is 0. The average Bonchev–Trinajstić information content (AvgIpc) is 2.48. The maximum atomic E-state index is 11.6. The molecule has 0 unspecified atom stereocenters. The minimum atomic E-state index is -0.396. The molecule has 1 rings (SSSR count). The predicted molar refractivity (Wildman–Crippen MR) is 63.4 cm³/mol. The highest BCUT2D eigenvalue weighted by atomic mass is 127. The molecule has 1 atom stereocenters. The molecular weight excluding hydrogens is 295 g/mol. The van der Waals surface area contributed by atoms with E-state index in [1.807, 2.05) is 20.8 Å². The first-order valence-electron chi connectivity index (χ1n) is 4.76. The van der Waals surface area contributed by atoms with E-state index in [9.17, 15) is 4.79 Å². The van der Waals surface area contributed by atoms with E-state index in [0.717, 1.165) is 19.5 Å². The smallest absolute Gasteiger partial charge is 0.410 e. The van der Waals surface area contributed by atoms with Crippen LogP contribution in [0.3, 0.4) is 0 Å². The number of hydrogen-bond donors (Lipinski definition) is 1. The number of ether oxygens (including phenoxy) is 1. The van der Waals surface area contributed by atoms with Crippen molar-refractivity contribution in [2.45, 2.75) is 38.8 Å². The molecule has 1 amide bonds. The highest BCUT2D eigenvalue weighted by molar-refractivity contribution is 14.1. The van der Waals surface area contributed by atoms with Crippen LogP contribution in [-0.2, 0) is 4.74 Å². The summed E-state index contributed by atoms with van der Waals surface area (Å²) in [5.41, 5.74) is -0.396. The normalized spacial score (nSPS) is 22.6. The average molecular weight is 312 g/mol. The summed E-state index contributed by atoms with van der Waals surface area (Å²) >= 11 is 2.12. The third-order valence-corrected chi connectivity index (χ3v) is 2.88. The SMILES string of the molecule is CC(C)(C)OC(=O)N1CC[C@H](NI)C1. The Morgan fingerprint density at radius 2 is 2.21 bits per heavy atom. The molecule has 1 saturated heterocycles. The summed E-state index contributed by atoms with van der Waals surface area (Å²) in [6.45, 7) is 7.19.